The summed E-state index contributed by atoms with van der Waals surface area (Å²) in [7, 11) is 1.65. The summed E-state index contributed by atoms with van der Waals surface area (Å²) in [5.74, 6) is 1.37. The van der Waals surface area contributed by atoms with E-state index in [0.29, 0.717) is 25.4 Å². The molecule has 86 valence electrons. The van der Waals surface area contributed by atoms with Gasteiger partial charge in [-0.3, -0.25) is 10.2 Å². The maximum absolute atomic E-state index is 11.3. The third-order valence-corrected chi connectivity index (χ3v) is 2.24. The lowest BCUT2D eigenvalue weighted by Gasteiger charge is -2.18. The predicted molar refractivity (Wildman–Crippen MR) is 58.3 cm³/mol. The maximum atomic E-state index is 11.3. The molecule has 2 rings (SSSR count). The molecule has 0 unspecified atom stereocenters. The molecule has 0 aromatic heterocycles. The zero-order valence-electron chi connectivity index (χ0n) is 9.08. The lowest BCUT2D eigenvalue weighted by molar-refractivity contribution is -0.121. The van der Waals surface area contributed by atoms with Crippen molar-refractivity contribution >= 4 is 5.91 Å². The van der Waals surface area contributed by atoms with Crippen molar-refractivity contribution in [2.75, 3.05) is 20.3 Å². The maximum Gasteiger partial charge on any atom is 0.238 e. The minimum absolute atomic E-state index is 0.0841. The summed E-state index contributed by atoms with van der Waals surface area (Å²) in [6.45, 7) is 1.13. The first-order chi connectivity index (χ1) is 7.79. The smallest absolute Gasteiger partial charge is 0.238 e. The van der Waals surface area contributed by atoms with Crippen LogP contribution in [-0.2, 0) is 11.2 Å². The zero-order valence-corrected chi connectivity index (χ0v) is 9.08. The van der Waals surface area contributed by atoms with Gasteiger partial charge in [0.25, 0.3) is 0 Å². The molecule has 1 aliphatic heterocycles. The van der Waals surface area contributed by atoms with Crippen LogP contribution in [0.1, 0.15) is 5.56 Å². The highest BCUT2D eigenvalue weighted by Crippen LogP contribution is 2.30. The summed E-state index contributed by atoms with van der Waals surface area (Å²) >= 11 is 0. The third kappa shape index (κ3) is 2.43. The second kappa shape index (κ2) is 4.85. The number of ether oxygens (including phenoxy) is 2. The predicted octanol–water partition coefficient (Wildman–Crippen LogP) is 0.251. The van der Waals surface area contributed by atoms with Gasteiger partial charge in [0.1, 0.15) is 13.2 Å². The molecule has 2 N–H and O–H groups in total. The highest BCUT2D eigenvalue weighted by Gasteiger charge is 2.12. The second-order valence-electron chi connectivity index (χ2n) is 3.45. The Morgan fingerprint density at radius 1 is 1.31 bits per heavy atom. The van der Waals surface area contributed by atoms with E-state index >= 15 is 0 Å². The van der Waals surface area contributed by atoms with E-state index in [1.807, 2.05) is 18.2 Å². The number of carbonyl (C=O) groups is 1. The molecule has 0 saturated heterocycles. The monoisotopic (exact) mass is 222 g/mol. The summed E-state index contributed by atoms with van der Waals surface area (Å²) in [4.78, 5) is 11.3. The van der Waals surface area contributed by atoms with Crippen LogP contribution in [0.5, 0.6) is 11.5 Å². The van der Waals surface area contributed by atoms with Crippen LogP contribution in [-0.4, -0.2) is 26.2 Å². The molecule has 1 aromatic carbocycles. The first kappa shape index (κ1) is 10.8. The van der Waals surface area contributed by atoms with E-state index in [1.54, 1.807) is 7.05 Å². The van der Waals surface area contributed by atoms with Crippen LogP contribution in [0.15, 0.2) is 18.2 Å². The Balaban J connectivity index is 2.08. The van der Waals surface area contributed by atoms with Crippen LogP contribution in [0.3, 0.4) is 0 Å². The average Bonchev–Trinajstić information content (AvgIpc) is 2.29. The number of fused-ring (bicyclic) bond motifs is 1. The number of hydrogen-bond donors (Lipinski definition) is 2. The fourth-order valence-corrected chi connectivity index (χ4v) is 1.57. The van der Waals surface area contributed by atoms with E-state index < -0.39 is 0 Å². The molecule has 0 atom stereocenters. The first-order valence-electron chi connectivity index (χ1n) is 5.13. The van der Waals surface area contributed by atoms with Crippen molar-refractivity contribution in [3.8, 4) is 11.5 Å². The van der Waals surface area contributed by atoms with E-state index in [1.165, 1.54) is 0 Å². The molecule has 16 heavy (non-hydrogen) atoms. The van der Waals surface area contributed by atoms with Crippen LogP contribution in [0.4, 0.5) is 0 Å². The van der Waals surface area contributed by atoms with Gasteiger partial charge in [0.15, 0.2) is 11.5 Å². The molecule has 0 aliphatic carbocycles. The van der Waals surface area contributed by atoms with Gasteiger partial charge in [0.05, 0.1) is 6.42 Å². The molecule has 5 heteroatoms. The number of benzene rings is 1. The van der Waals surface area contributed by atoms with Gasteiger partial charge in [-0.2, -0.15) is 0 Å². The summed E-state index contributed by atoms with van der Waals surface area (Å²) in [5.41, 5.74) is 6.01. The zero-order chi connectivity index (χ0) is 11.4. The number of carbonyl (C=O) groups excluding carboxylic acids is 1. The fraction of sp³-hybridized carbons (Fsp3) is 0.364. The van der Waals surface area contributed by atoms with Crippen molar-refractivity contribution in [2.24, 2.45) is 0 Å². The van der Waals surface area contributed by atoms with E-state index in [4.69, 9.17) is 9.47 Å². The Labute approximate surface area is 93.7 Å². The molecule has 1 aromatic rings. The Morgan fingerprint density at radius 3 is 2.81 bits per heavy atom. The van der Waals surface area contributed by atoms with Gasteiger partial charge in [0.2, 0.25) is 5.91 Å². The summed E-state index contributed by atoms with van der Waals surface area (Å²) in [6.07, 6.45) is 0.317. The number of amides is 1. The number of nitrogens with one attached hydrogen (secondary N) is 2. The van der Waals surface area contributed by atoms with E-state index in [0.717, 1.165) is 11.3 Å². The molecule has 0 bridgehead atoms. The van der Waals surface area contributed by atoms with E-state index in [9.17, 15) is 4.79 Å². The summed E-state index contributed by atoms with van der Waals surface area (Å²) < 4.78 is 10.8. The molecule has 1 amide bonds. The number of rotatable bonds is 3. The van der Waals surface area contributed by atoms with Crippen LogP contribution in [0, 0.1) is 0 Å². The number of hydrazine groups is 1. The molecule has 0 spiro atoms. The van der Waals surface area contributed by atoms with Crippen LogP contribution < -0.4 is 20.3 Å². The van der Waals surface area contributed by atoms with Crippen molar-refractivity contribution in [2.45, 2.75) is 6.42 Å². The Kier molecular flexibility index (Phi) is 3.26. The molecule has 1 aliphatic rings. The Hall–Kier alpha value is -1.75. The SMILES string of the molecule is CNNC(=O)Cc1ccc2c(c1)OCCO2. The standard InChI is InChI=1S/C11H14N2O3/c1-12-13-11(14)7-8-2-3-9-10(6-8)16-5-4-15-9/h2-3,6,12H,4-5,7H2,1H3,(H,13,14). The molecular formula is C11H14N2O3. The highest BCUT2D eigenvalue weighted by atomic mass is 16.6. The van der Waals surface area contributed by atoms with Crippen LogP contribution in [0.25, 0.3) is 0 Å². The normalized spacial score (nSPS) is 13.3. The molecular weight excluding hydrogens is 208 g/mol. The Bertz CT molecular complexity index is 393. The minimum atomic E-state index is -0.0841. The van der Waals surface area contributed by atoms with E-state index in [2.05, 4.69) is 10.9 Å². The van der Waals surface area contributed by atoms with Gasteiger partial charge in [-0.1, -0.05) is 6.07 Å². The van der Waals surface area contributed by atoms with Gasteiger partial charge in [0, 0.05) is 7.05 Å². The van der Waals surface area contributed by atoms with Crippen LogP contribution >= 0.6 is 0 Å². The van der Waals surface area contributed by atoms with Gasteiger partial charge < -0.3 is 9.47 Å². The van der Waals surface area contributed by atoms with Gasteiger partial charge in [-0.05, 0) is 17.7 Å². The van der Waals surface area contributed by atoms with Crippen molar-refractivity contribution < 1.29 is 14.3 Å². The fourth-order valence-electron chi connectivity index (χ4n) is 1.57. The summed E-state index contributed by atoms with van der Waals surface area (Å²) in [5, 5.41) is 0. The topological polar surface area (TPSA) is 59.6 Å². The highest BCUT2D eigenvalue weighted by molar-refractivity contribution is 5.78. The van der Waals surface area contributed by atoms with Gasteiger partial charge in [-0.15, -0.1) is 0 Å². The lowest BCUT2D eigenvalue weighted by atomic mass is 10.1. The quantitative estimate of drug-likeness (QED) is 0.720. The van der Waals surface area contributed by atoms with Gasteiger partial charge >= 0.3 is 0 Å². The molecule has 1 heterocycles. The van der Waals surface area contributed by atoms with Gasteiger partial charge in [-0.25, -0.2) is 5.43 Å². The molecule has 0 saturated carbocycles. The Morgan fingerprint density at radius 2 is 2.06 bits per heavy atom. The lowest BCUT2D eigenvalue weighted by Crippen LogP contribution is -2.35. The molecule has 0 fully saturated rings. The number of hydrogen-bond acceptors (Lipinski definition) is 4. The minimum Gasteiger partial charge on any atom is -0.486 e. The van der Waals surface area contributed by atoms with Crippen molar-refractivity contribution in [1.82, 2.24) is 10.9 Å². The van der Waals surface area contributed by atoms with Crippen molar-refractivity contribution in [1.29, 1.82) is 0 Å². The third-order valence-electron chi connectivity index (χ3n) is 2.24. The second-order valence-corrected chi connectivity index (χ2v) is 3.45. The van der Waals surface area contributed by atoms with Crippen LogP contribution in [0.2, 0.25) is 0 Å². The largest absolute Gasteiger partial charge is 0.486 e. The van der Waals surface area contributed by atoms with Crippen molar-refractivity contribution in [3.05, 3.63) is 23.8 Å². The average molecular weight is 222 g/mol. The van der Waals surface area contributed by atoms with E-state index in [-0.39, 0.29) is 5.91 Å². The van der Waals surface area contributed by atoms with Crippen molar-refractivity contribution in [3.63, 3.8) is 0 Å². The first-order valence-corrected chi connectivity index (χ1v) is 5.13. The molecule has 5 nitrogen and oxygen atoms in total. The summed E-state index contributed by atoms with van der Waals surface area (Å²) in [6, 6.07) is 5.53. The molecule has 0 radical (unpaired) electrons.